The minimum atomic E-state index is -3.52. The smallest absolute Gasteiger partial charge is 0.243 e. The van der Waals surface area contributed by atoms with Crippen molar-refractivity contribution in [2.24, 2.45) is 5.92 Å². The number of piperidine rings is 1. The topological polar surface area (TPSA) is 57.7 Å². The first-order valence-electron chi connectivity index (χ1n) is 10.7. The Morgan fingerprint density at radius 1 is 1.03 bits per heavy atom. The third-order valence-electron chi connectivity index (χ3n) is 5.94. The zero-order valence-corrected chi connectivity index (χ0v) is 19.0. The summed E-state index contributed by atoms with van der Waals surface area (Å²) >= 11 is 0. The first-order valence-corrected chi connectivity index (χ1v) is 12.2. The third-order valence-corrected chi connectivity index (χ3v) is 7.84. The fourth-order valence-corrected chi connectivity index (χ4v) is 5.52. The van der Waals surface area contributed by atoms with Crippen LogP contribution in [0.3, 0.4) is 0 Å². The molecule has 2 aromatic carbocycles. The van der Waals surface area contributed by atoms with Gasteiger partial charge >= 0.3 is 0 Å². The molecular weight excluding hydrogens is 396 g/mol. The largest absolute Gasteiger partial charge is 0.338 e. The lowest BCUT2D eigenvalue weighted by molar-refractivity contribution is -0.137. The van der Waals surface area contributed by atoms with Gasteiger partial charge in [0.25, 0.3) is 0 Å². The Kier molecular flexibility index (Phi) is 7.32. The average molecular weight is 429 g/mol. The average Bonchev–Trinajstić information content (AvgIpc) is 2.75. The number of nitrogens with zero attached hydrogens (tertiary/aromatic N) is 2. The van der Waals surface area contributed by atoms with Crippen molar-refractivity contribution < 1.29 is 13.2 Å². The normalized spacial score (nSPS) is 15.8. The van der Waals surface area contributed by atoms with Gasteiger partial charge in [-0.25, -0.2) is 8.42 Å². The minimum absolute atomic E-state index is 0.119. The summed E-state index contributed by atoms with van der Waals surface area (Å²) in [5, 5.41) is 0. The van der Waals surface area contributed by atoms with E-state index in [1.807, 2.05) is 55.1 Å². The van der Waals surface area contributed by atoms with E-state index in [9.17, 15) is 13.2 Å². The molecule has 0 saturated carbocycles. The Bertz CT molecular complexity index is 965. The maximum Gasteiger partial charge on any atom is 0.243 e. The number of benzene rings is 2. The standard InChI is InChI=1S/C24H32N2O3S/c1-4-14-25(18-21-8-6-5-7-9-21)24(27)22-12-15-26(16-13-22)30(28,29)23-11-10-19(2)20(3)17-23/h5-11,17,22H,4,12-16,18H2,1-3H3. The molecule has 0 atom stereocenters. The molecule has 1 heterocycles. The van der Waals surface area contributed by atoms with Crippen molar-refractivity contribution in [3.8, 4) is 0 Å². The van der Waals surface area contributed by atoms with Gasteiger partial charge in [0.05, 0.1) is 4.90 Å². The van der Waals surface area contributed by atoms with Crippen LogP contribution in [0.25, 0.3) is 0 Å². The van der Waals surface area contributed by atoms with E-state index < -0.39 is 10.0 Å². The van der Waals surface area contributed by atoms with Crippen molar-refractivity contribution in [3.63, 3.8) is 0 Å². The van der Waals surface area contributed by atoms with Gasteiger partial charge < -0.3 is 4.90 Å². The van der Waals surface area contributed by atoms with Crippen LogP contribution in [0.1, 0.15) is 42.9 Å². The van der Waals surface area contributed by atoms with E-state index in [2.05, 4.69) is 6.92 Å². The fourth-order valence-electron chi connectivity index (χ4n) is 3.97. The van der Waals surface area contributed by atoms with E-state index in [1.54, 1.807) is 12.1 Å². The molecule has 1 aliphatic rings. The third kappa shape index (κ3) is 5.10. The molecule has 0 aromatic heterocycles. The Labute approximate surface area is 180 Å². The number of hydrogen-bond acceptors (Lipinski definition) is 3. The van der Waals surface area contributed by atoms with Crippen LogP contribution in [-0.2, 0) is 21.4 Å². The molecule has 30 heavy (non-hydrogen) atoms. The quantitative estimate of drug-likeness (QED) is 0.666. The highest BCUT2D eigenvalue weighted by molar-refractivity contribution is 7.89. The molecule has 5 nitrogen and oxygen atoms in total. The Morgan fingerprint density at radius 2 is 1.70 bits per heavy atom. The fraction of sp³-hybridized carbons (Fsp3) is 0.458. The van der Waals surface area contributed by atoms with Gasteiger partial charge in [-0.3, -0.25) is 4.79 Å². The molecular formula is C24H32N2O3S. The summed E-state index contributed by atoms with van der Waals surface area (Å²) in [5.41, 5.74) is 3.17. The molecule has 1 saturated heterocycles. The lowest BCUT2D eigenvalue weighted by Gasteiger charge is -2.34. The second-order valence-corrected chi connectivity index (χ2v) is 10.1. The molecule has 0 radical (unpaired) electrons. The van der Waals surface area contributed by atoms with Gasteiger partial charge in [0.2, 0.25) is 15.9 Å². The maximum absolute atomic E-state index is 13.2. The summed E-state index contributed by atoms with van der Waals surface area (Å²) in [7, 11) is -3.52. The van der Waals surface area contributed by atoms with Crippen LogP contribution >= 0.6 is 0 Å². The minimum Gasteiger partial charge on any atom is -0.338 e. The van der Waals surface area contributed by atoms with Gasteiger partial charge in [-0.1, -0.05) is 43.3 Å². The molecule has 0 spiro atoms. The predicted octanol–water partition coefficient (Wildman–Crippen LogP) is 4.14. The summed E-state index contributed by atoms with van der Waals surface area (Å²) in [4.78, 5) is 15.4. The SMILES string of the molecule is CCCN(Cc1ccccc1)C(=O)C1CCN(S(=O)(=O)c2ccc(C)c(C)c2)CC1. The number of amides is 1. The monoisotopic (exact) mass is 428 g/mol. The molecule has 162 valence electrons. The first-order chi connectivity index (χ1) is 14.3. The summed E-state index contributed by atoms with van der Waals surface area (Å²) in [6, 6.07) is 15.3. The van der Waals surface area contributed by atoms with Crippen molar-refractivity contribution in [1.29, 1.82) is 0 Å². The molecule has 1 amide bonds. The Morgan fingerprint density at radius 3 is 2.30 bits per heavy atom. The number of carbonyl (C=O) groups excluding carboxylic acids is 1. The summed E-state index contributed by atoms with van der Waals surface area (Å²) in [6.07, 6.45) is 2.04. The molecule has 2 aromatic rings. The summed E-state index contributed by atoms with van der Waals surface area (Å²) in [5.74, 6) is 0.0235. The molecule has 1 aliphatic heterocycles. The second-order valence-electron chi connectivity index (χ2n) is 8.17. The van der Waals surface area contributed by atoms with E-state index in [0.29, 0.717) is 37.4 Å². The van der Waals surface area contributed by atoms with Gasteiger partial charge in [0.1, 0.15) is 0 Å². The highest BCUT2D eigenvalue weighted by Gasteiger charge is 2.33. The highest BCUT2D eigenvalue weighted by atomic mass is 32.2. The Hall–Kier alpha value is -2.18. The maximum atomic E-state index is 13.2. The van der Waals surface area contributed by atoms with E-state index in [1.165, 1.54) is 4.31 Å². The van der Waals surface area contributed by atoms with Crippen LogP contribution in [0, 0.1) is 19.8 Å². The lowest BCUT2D eigenvalue weighted by Crippen LogP contribution is -2.44. The van der Waals surface area contributed by atoms with Crippen LogP contribution in [0.15, 0.2) is 53.4 Å². The highest BCUT2D eigenvalue weighted by Crippen LogP contribution is 2.26. The lowest BCUT2D eigenvalue weighted by atomic mass is 9.96. The van der Waals surface area contributed by atoms with Gasteiger partial charge in [-0.2, -0.15) is 4.31 Å². The molecule has 0 aliphatic carbocycles. The number of rotatable bonds is 7. The van der Waals surface area contributed by atoms with Crippen LogP contribution in [-0.4, -0.2) is 43.2 Å². The van der Waals surface area contributed by atoms with Crippen molar-refractivity contribution in [2.45, 2.75) is 51.5 Å². The number of carbonyl (C=O) groups is 1. The second kappa shape index (κ2) is 9.75. The number of aryl methyl sites for hydroxylation is 2. The summed E-state index contributed by atoms with van der Waals surface area (Å²) < 4.78 is 27.6. The zero-order valence-electron chi connectivity index (χ0n) is 18.2. The van der Waals surface area contributed by atoms with Crippen LogP contribution in [0.2, 0.25) is 0 Å². The molecule has 6 heteroatoms. The van der Waals surface area contributed by atoms with Gasteiger partial charge in [0, 0.05) is 32.1 Å². The van der Waals surface area contributed by atoms with E-state index in [4.69, 9.17) is 0 Å². The predicted molar refractivity (Wildman–Crippen MR) is 120 cm³/mol. The van der Waals surface area contributed by atoms with E-state index in [0.717, 1.165) is 29.7 Å². The molecule has 3 rings (SSSR count). The number of sulfonamides is 1. The van der Waals surface area contributed by atoms with Crippen molar-refractivity contribution in [2.75, 3.05) is 19.6 Å². The van der Waals surface area contributed by atoms with Gasteiger partial charge in [-0.15, -0.1) is 0 Å². The molecule has 0 N–H and O–H groups in total. The van der Waals surface area contributed by atoms with Crippen LogP contribution < -0.4 is 0 Å². The van der Waals surface area contributed by atoms with Crippen molar-refractivity contribution in [1.82, 2.24) is 9.21 Å². The van der Waals surface area contributed by atoms with Crippen LogP contribution in [0.4, 0.5) is 0 Å². The zero-order chi connectivity index (χ0) is 21.7. The van der Waals surface area contributed by atoms with Gasteiger partial charge in [0.15, 0.2) is 0 Å². The van der Waals surface area contributed by atoms with Crippen molar-refractivity contribution >= 4 is 15.9 Å². The molecule has 0 bridgehead atoms. The van der Waals surface area contributed by atoms with Crippen molar-refractivity contribution in [3.05, 3.63) is 65.2 Å². The van der Waals surface area contributed by atoms with E-state index in [-0.39, 0.29) is 11.8 Å². The van der Waals surface area contributed by atoms with E-state index >= 15 is 0 Å². The summed E-state index contributed by atoms with van der Waals surface area (Å²) in [6.45, 7) is 8.07. The Balaban J connectivity index is 1.65. The molecule has 1 fully saturated rings. The van der Waals surface area contributed by atoms with Gasteiger partial charge in [-0.05, 0) is 61.9 Å². The molecule has 0 unspecified atom stereocenters. The number of hydrogen-bond donors (Lipinski definition) is 0. The first kappa shape index (κ1) is 22.5. The van der Waals surface area contributed by atoms with Crippen LogP contribution in [0.5, 0.6) is 0 Å².